The van der Waals surface area contributed by atoms with Gasteiger partial charge in [-0.3, -0.25) is 9.59 Å². The van der Waals surface area contributed by atoms with Gasteiger partial charge in [-0.15, -0.1) is 0 Å². The number of benzene rings is 3. The zero-order chi connectivity index (χ0) is 27.1. The first-order valence-electron chi connectivity index (χ1n) is 12.6. The normalized spacial score (nSPS) is 11.2. The second kappa shape index (κ2) is 12.9. The first kappa shape index (κ1) is 27.7. The molecule has 1 heterocycles. The van der Waals surface area contributed by atoms with Crippen LogP contribution in [0.2, 0.25) is 0 Å². The quantitative estimate of drug-likeness (QED) is 0.207. The molecule has 0 unspecified atom stereocenters. The highest BCUT2D eigenvalue weighted by atomic mass is 32.2. The first-order chi connectivity index (χ1) is 18.3. The zero-order valence-electron chi connectivity index (χ0n) is 22.1. The van der Waals surface area contributed by atoms with Crippen LogP contribution in [0.4, 0.5) is 11.4 Å². The van der Waals surface area contributed by atoms with Gasteiger partial charge in [0.25, 0.3) is 0 Å². The maximum Gasteiger partial charge on any atom is 0.237 e. The molecule has 0 radical (unpaired) electrons. The molecule has 38 heavy (non-hydrogen) atoms. The lowest BCUT2D eigenvalue weighted by atomic mass is 10.2. The van der Waals surface area contributed by atoms with Gasteiger partial charge in [-0.1, -0.05) is 72.1 Å². The molecule has 0 bridgehead atoms. The Kier molecular flexibility index (Phi) is 9.42. The molecule has 2 amide bonds. The summed E-state index contributed by atoms with van der Waals surface area (Å²) in [4.78, 5) is 39.9. The predicted octanol–water partition coefficient (Wildman–Crippen LogP) is 6.70. The summed E-state index contributed by atoms with van der Waals surface area (Å²) in [6, 6.07) is 27.1. The average Bonchev–Trinajstić information content (AvgIpc) is 2.91. The molecule has 196 valence electrons. The van der Waals surface area contributed by atoms with E-state index in [9.17, 15) is 9.59 Å². The van der Waals surface area contributed by atoms with E-state index in [1.165, 1.54) is 23.5 Å². The molecule has 0 spiro atoms. The number of para-hydroxylation sites is 4. The van der Waals surface area contributed by atoms with Gasteiger partial charge in [-0.05, 0) is 64.1 Å². The van der Waals surface area contributed by atoms with E-state index in [1.807, 2.05) is 113 Å². The Morgan fingerprint density at radius 1 is 0.605 bits per heavy atom. The van der Waals surface area contributed by atoms with Crippen LogP contribution in [0.15, 0.2) is 95.0 Å². The van der Waals surface area contributed by atoms with E-state index in [0.717, 1.165) is 22.4 Å². The number of aromatic nitrogens is 2. The molecule has 6 nitrogen and oxygen atoms in total. The predicted molar refractivity (Wildman–Crippen MR) is 159 cm³/mol. The van der Waals surface area contributed by atoms with Crippen LogP contribution in [0.25, 0.3) is 11.0 Å². The van der Waals surface area contributed by atoms with E-state index in [2.05, 4.69) is 0 Å². The number of hydrogen-bond acceptors (Lipinski definition) is 6. The van der Waals surface area contributed by atoms with Crippen LogP contribution in [0, 0.1) is 0 Å². The Morgan fingerprint density at radius 2 is 0.947 bits per heavy atom. The summed E-state index contributed by atoms with van der Waals surface area (Å²) >= 11 is 2.73. The van der Waals surface area contributed by atoms with Crippen molar-refractivity contribution in [3.63, 3.8) is 0 Å². The van der Waals surface area contributed by atoms with Gasteiger partial charge in [0.2, 0.25) is 11.8 Å². The second-order valence-corrected chi connectivity index (χ2v) is 11.2. The van der Waals surface area contributed by atoms with Crippen molar-refractivity contribution >= 4 is 57.7 Å². The molecule has 0 aliphatic heterocycles. The topological polar surface area (TPSA) is 66.4 Å². The monoisotopic (exact) mass is 544 g/mol. The number of hydrogen-bond donors (Lipinski definition) is 0. The third-order valence-electron chi connectivity index (χ3n) is 5.81. The van der Waals surface area contributed by atoms with E-state index in [0.29, 0.717) is 10.1 Å². The van der Waals surface area contributed by atoms with Crippen molar-refractivity contribution in [2.75, 3.05) is 21.3 Å². The highest BCUT2D eigenvalue weighted by Gasteiger charge is 2.23. The summed E-state index contributed by atoms with van der Waals surface area (Å²) in [6.45, 7) is 8.02. The number of amides is 2. The smallest absolute Gasteiger partial charge is 0.237 e. The minimum absolute atomic E-state index is 0.00625. The summed E-state index contributed by atoms with van der Waals surface area (Å²) in [5, 5.41) is 1.31. The molecule has 3 aromatic carbocycles. The van der Waals surface area contributed by atoms with E-state index < -0.39 is 0 Å². The fourth-order valence-electron chi connectivity index (χ4n) is 4.19. The Balaban J connectivity index is 1.55. The van der Waals surface area contributed by atoms with Gasteiger partial charge in [0.15, 0.2) is 0 Å². The van der Waals surface area contributed by atoms with E-state index >= 15 is 0 Å². The Labute approximate surface area is 232 Å². The minimum atomic E-state index is -0.00625. The molecule has 0 fully saturated rings. The Bertz CT molecular complexity index is 1280. The molecular formula is C30H32N4O2S2. The number of carbonyl (C=O) groups is 2. The van der Waals surface area contributed by atoms with Gasteiger partial charge in [0.1, 0.15) is 10.1 Å². The van der Waals surface area contributed by atoms with Crippen LogP contribution in [0.3, 0.4) is 0 Å². The third-order valence-corrected chi connectivity index (χ3v) is 7.84. The van der Waals surface area contributed by atoms with Gasteiger partial charge >= 0.3 is 0 Å². The Morgan fingerprint density at radius 3 is 1.29 bits per heavy atom. The van der Waals surface area contributed by atoms with Crippen LogP contribution < -0.4 is 9.80 Å². The largest absolute Gasteiger partial charge is 0.309 e. The lowest BCUT2D eigenvalue weighted by Crippen LogP contribution is -2.38. The number of thioether (sulfide) groups is 2. The summed E-state index contributed by atoms with van der Waals surface area (Å²) < 4.78 is 0. The number of rotatable bonds is 10. The number of anilines is 2. The molecule has 0 aliphatic carbocycles. The third kappa shape index (κ3) is 6.74. The van der Waals surface area contributed by atoms with Gasteiger partial charge in [0.05, 0.1) is 22.5 Å². The molecule has 0 aliphatic rings. The standard InChI is InChI=1S/C30H32N4O2S2/c1-21(2)33(23-13-7-5-8-14-23)27(35)19-37-29-30(32-26-18-12-11-17-25(26)31-29)38-20-28(36)34(22(3)4)24-15-9-6-10-16-24/h5-18,21-22H,19-20H2,1-4H3. The van der Waals surface area contributed by atoms with Crippen molar-refractivity contribution in [1.82, 2.24) is 9.97 Å². The van der Waals surface area contributed by atoms with Crippen LogP contribution in [-0.2, 0) is 9.59 Å². The molecule has 0 saturated carbocycles. The first-order valence-corrected chi connectivity index (χ1v) is 14.6. The molecule has 4 aromatic rings. The van der Waals surface area contributed by atoms with Crippen molar-refractivity contribution in [3.05, 3.63) is 84.9 Å². The second-order valence-electron chi connectivity index (χ2n) is 9.29. The molecule has 0 saturated heterocycles. The highest BCUT2D eigenvalue weighted by molar-refractivity contribution is 8.02. The van der Waals surface area contributed by atoms with Gasteiger partial charge in [0, 0.05) is 23.5 Å². The van der Waals surface area contributed by atoms with Gasteiger partial charge < -0.3 is 9.80 Å². The van der Waals surface area contributed by atoms with Gasteiger partial charge in [-0.25, -0.2) is 9.97 Å². The fourth-order valence-corrected chi connectivity index (χ4v) is 6.01. The molecule has 0 N–H and O–H groups in total. The van der Waals surface area contributed by atoms with Crippen molar-refractivity contribution < 1.29 is 9.59 Å². The summed E-state index contributed by atoms with van der Waals surface area (Å²) in [6.07, 6.45) is 0. The van der Waals surface area contributed by atoms with Crippen molar-refractivity contribution in [3.8, 4) is 0 Å². The summed E-state index contributed by atoms with van der Waals surface area (Å²) in [5.74, 6) is 0.412. The van der Waals surface area contributed by atoms with Crippen molar-refractivity contribution in [1.29, 1.82) is 0 Å². The lowest BCUT2D eigenvalue weighted by molar-refractivity contribution is -0.117. The van der Waals surface area contributed by atoms with E-state index in [4.69, 9.17) is 9.97 Å². The zero-order valence-corrected chi connectivity index (χ0v) is 23.7. The van der Waals surface area contributed by atoms with Crippen LogP contribution >= 0.6 is 23.5 Å². The van der Waals surface area contributed by atoms with Crippen LogP contribution in [0.5, 0.6) is 0 Å². The molecule has 4 rings (SSSR count). The molecule has 1 aromatic heterocycles. The maximum absolute atomic E-state index is 13.3. The minimum Gasteiger partial charge on any atom is -0.309 e. The molecular weight excluding hydrogens is 512 g/mol. The fraction of sp³-hybridized carbons (Fsp3) is 0.267. The highest BCUT2D eigenvalue weighted by Crippen LogP contribution is 2.31. The Hall–Kier alpha value is -3.36. The summed E-state index contributed by atoms with van der Waals surface area (Å²) in [7, 11) is 0. The average molecular weight is 545 g/mol. The molecule has 8 heteroatoms. The number of fused-ring (bicyclic) bond motifs is 1. The van der Waals surface area contributed by atoms with Gasteiger partial charge in [-0.2, -0.15) is 0 Å². The number of carbonyl (C=O) groups excluding carboxylic acids is 2. The van der Waals surface area contributed by atoms with Crippen molar-refractivity contribution in [2.45, 2.75) is 49.8 Å². The number of nitrogens with zero attached hydrogens (tertiary/aromatic N) is 4. The lowest BCUT2D eigenvalue weighted by Gasteiger charge is -2.27. The van der Waals surface area contributed by atoms with Crippen LogP contribution in [-0.4, -0.2) is 45.4 Å². The molecule has 0 atom stereocenters. The van der Waals surface area contributed by atoms with E-state index in [1.54, 1.807) is 9.80 Å². The maximum atomic E-state index is 13.3. The van der Waals surface area contributed by atoms with E-state index in [-0.39, 0.29) is 35.4 Å². The summed E-state index contributed by atoms with van der Waals surface area (Å²) in [5.41, 5.74) is 3.25. The van der Waals surface area contributed by atoms with Crippen molar-refractivity contribution in [2.24, 2.45) is 0 Å². The van der Waals surface area contributed by atoms with Crippen LogP contribution in [0.1, 0.15) is 27.7 Å². The SMILES string of the molecule is CC(C)N(C(=O)CSc1nc2ccccc2nc1SCC(=O)N(c1ccccc1)C(C)C)c1ccccc1.